The van der Waals surface area contributed by atoms with Gasteiger partial charge in [0.2, 0.25) is 5.91 Å². The number of morpholine rings is 1. The van der Waals surface area contributed by atoms with E-state index in [1.165, 1.54) is 11.8 Å². The van der Waals surface area contributed by atoms with Gasteiger partial charge in [0, 0.05) is 33.2 Å². The number of carbonyl (C=O) groups is 1. The highest BCUT2D eigenvalue weighted by molar-refractivity contribution is 7.99. The van der Waals surface area contributed by atoms with Crippen LogP contribution in [0, 0.1) is 0 Å². The Hall–Kier alpha value is -1.83. The Morgan fingerprint density at radius 1 is 1.25 bits per heavy atom. The molecule has 0 radical (unpaired) electrons. The highest BCUT2D eigenvalue weighted by Gasteiger charge is 2.21. The molecule has 0 unspecified atom stereocenters. The summed E-state index contributed by atoms with van der Waals surface area (Å²) in [4.78, 5) is 19.0. The molecule has 1 aliphatic rings. The summed E-state index contributed by atoms with van der Waals surface area (Å²) in [6.07, 6.45) is 3.39. The second kappa shape index (κ2) is 10.1. The lowest BCUT2D eigenvalue weighted by Gasteiger charge is -2.35. The summed E-state index contributed by atoms with van der Waals surface area (Å²) in [5, 5.41) is 3.87. The van der Waals surface area contributed by atoms with E-state index in [2.05, 4.69) is 41.2 Å². The number of nitrogens with one attached hydrogen (secondary N) is 1. The van der Waals surface area contributed by atoms with E-state index in [1.807, 2.05) is 36.0 Å². The fraction of sp³-hybridized carbons (Fsp3) is 0.524. The molecular weight excluding hydrogens is 372 g/mol. The predicted molar refractivity (Wildman–Crippen MR) is 113 cm³/mol. The summed E-state index contributed by atoms with van der Waals surface area (Å²) in [5.74, 6) is 0.433. The number of thioether (sulfide) groups is 1. The first-order valence-electron chi connectivity index (χ1n) is 9.87. The van der Waals surface area contributed by atoms with Crippen LogP contribution in [-0.2, 0) is 16.6 Å². The molecule has 0 bridgehead atoms. The van der Waals surface area contributed by atoms with Crippen molar-refractivity contribution in [3.8, 4) is 11.3 Å². The summed E-state index contributed by atoms with van der Waals surface area (Å²) in [6.45, 7) is 7.86. The highest BCUT2D eigenvalue weighted by atomic mass is 32.2. The van der Waals surface area contributed by atoms with Crippen LogP contribution in [0.4, 0.5) is 0 Å². The van der Waals surface area contributed by atoms with Gasteiger partial charge in [0.15, 0.2) is 5.16 Å². The van der Waals surface area contributed by atoms with Gasteiger partial charge in [-0.2, -0.15) is 0 Å². The van der Waals surface area contributed by atoms with Gasteiger partial charge in [-0.3, -0.25) is 9.69 Å². The van der Waals surface area contributed by atoms with E-state index in [4.69, 9.17) is 4.74 Å². The van der Waals surface area contributed by atoms with Gasteiger partial charge in [0.05, 0.1) is 29.9 Å². The molecule has 1 saturated heterocycles. The summed E-state index contributed by atoms with van der Waals surface area (Å²) < 4.78 is 7.79. The van der Waals surface area contributed by atoms with Crippen LogP contribution in [0.5, 0.6) is 0 Å². The SMILES string of the molecule is C[C@H]1CN(CCCNC(=O)CSc2ncc(-c3ccccc3)n2C)C[C@H](C)O1. The van der Waals surface area contributed by atoms with Crippen molar-refractivity contribution in [3.63, 3.8) is 0 Å². The van der Waals surface area contributed by atoms with Crippen LogP contribution in [0.3, 0.4) is 0 Å². The number of aromatic nitrogens is 2. The third-order valence-electron chi connectivity index (χ3n) is 4.82. The lowest BCUT2D eigenvalue weighted by Crippen LogP contribution is -2.46. The van der Waals surface area contributed by atoms with Crippen molar-refractivity contribution in [2.24, 2.45) is 7.05 Å². The predicted octanol–water partition coefficient (Wildman–Crippen LogP) is 2.79. The van der Waals surface area contributed by atoms with Crippen molar-refractivity contribution in [1.82, 2.24) is 19.8 Å². The number of benzene rings is 1. The third kappa shape index (κ3) is 5.83. The molecule has 0 spiro atoms. The number of carbonyl (C=O) groups excluding carboxylic acids is 1. The summed E-state index contributed by atoms with van der Waals surface area (Å²) in [7, 11) is 1.99. The summed E-state index contributed by atoms with van der Waals surface area (Å²) in [5.41, 5.74) is 2.18. The van der Waals surface area contributed by atoms with Crippen LogP contribution < -0.4 is 5.32 Å². The zero-order valence-corrected chi connectivity index (χ0v) is 17.7. The van der Waals surface area contributed by atoms with Crippen molar-refractivity contribution >= 4 is 17.7 Å². The van der Waals surface area contributed by atoms with Crippen LogP contribution in [0.25, 0.3) is 11.3 Å². The fourth-order valence-corrected chi connectivity index (χ4v) is 4.36. The lowest BCUT2D eigenvalue weighted by molar-refractivity contribution is -0.118. The number of nitrogens with zero attached hydrogens (tertiary/aromatic N) is 3. The van der Waals surface area contributed by atoms with Crippen LogP contribution in [0.2, 0.25) is 0 Å². The average molecular weight is 403 g/mol. The quantitative estimate of drug-likeness (QED) is 0.544. The maximum Gasteiger partial charge on any atom is 0.230 e. The van der Waals surface area contributed by atoms with Gasteiger partial charge in [-0.25, -0.2) is 4.98 Å². The Bertz CT molecular complexity index is 755. The number of imidazole rings is 1. The first-order valence-corrected chi connectivity index (χ1v) is 10.9. The van der Waals surface area contributed by atoms with Gasteiger partial charge < -0.3 is 14.6 Å². The number of hydrogen-bond donors (Lipinski definition) is 1. The standard InChI is InChI=1S/C21H30N4O2S/c1-16-13-25(14-17(2)27-16)11-7-10-22-20(26)15-28-21-23-12-19(24(21)3)18-8-5-4-6-9-18/h4-6,8-9,12,16-17H,7,10-11,13-15H2,1-3H3,(H,22,26)/t16-,17-/m0/s1. The van der Waals surface area contributed by atoms with Crippen molar-refractivity contribution < 1.29 is 9.53 Å². The van der Waals surface area contributed by atoms with Crippen LogP contribution >= 0.6 is 11.8 Å². The molecule has 6 nitrogen and oxygen atoms in total. The van der Waals surface area contributed by atoms with Crippen molar-refractivity contribution in [1.29, 1.82) is 0 Å². The van der Waals surface area contributed by atoms with Gasteiger partial charge in [-0.1, -0.05) is 42.1 Å². The summed E-state index contributed by atoms with van der Waals surface area (Å²) in [6, 6.07) is 10.2. The van der Waals surface area contributed by atoms with E-state index in [0.29, 0.717) is 12.3 Å². The lowest BCUT2D eigenvalue weighted by atomic mass is 10.2. The Kier molecular flexibility index (Phi) is 7.53. The topological polar surface area (TPSA) is 59.4 Å². The monoisotopic (exact) mass is 402 g/mol. The minimum atomic E-state index is 0.0537. The second-order valence-electron chi connectivity index (χ2n) is 7.36. The molecule has 28 heavy (non-hydrogen) atoms. The molecule has 1 N–H and O–H groups in total. The maximum atomic E-state index is 12.2. The third-order valence-corrected chi connectivity index (χ3v) is 5.86. The van der Waals surface area contributed by atoms with E-state index >= 15 is 0 Å². The van der Waals surface area contributed by atoms with Crippen LogP contribution in [0.15, 0.2) is 41.7 Å². The Morgan fingerprint density at radius 2 is 1.96 bits per heavy atom. The Labute approximate surface area is 171 Å². The van der Waals surface area contributed by atoms with Crippen LogP contribution in [-0.4, -0.2) is 64.5 Å². The molecule has 0 saturated carbocycles. The molecule has 0 aliphatic carbocycles. The van der Waals surface area contributed by atoms with Crippen molar-refractivity contribution in [2.75, 3.05) is 31.9 Å². The van der Waals surface area contributed by atoms with Gasteiger partial charge >= 0.3 is 0 Å². The minimum Gasteiger partial charge on any atom is -0.373 e. The normalized spacial score (nSPS) is 20.2. The first-order chi connectivity index (χ1) is 13.5. The van der Waals surface area contributed by atoms with Gasteiger partial charge in [-0.15, -0.1) is 0 Å². The van der Waals surface area contributed by atoms with Gasteiger partial charge in [0.1, 0.15) is 0 Å². The molecule has 7 heteroatoms. The Balaban J connectivity index is 1.37. The average Bonchev–Trinajstić information content (AvgIpc) is 3.04. The molecule has 1 aromatic carbocycles. The van der Waals surface area contributed by atoms with Crippen molar-refractivity contribution in [3.05, 3.63) is 36.5 Å². The van der Waals surface area contributed by atoms with Gasteiger partial charge in [-0.05, 0) is 25.8 Å². The van der Waals surface area contributed by atoms with E-state index in [1.54, 1.807) is 0 Å². The fourth-order valence-electron chi connectivity index (χ4n) is 3.58. The number of ether oxygens (including phenoxy) is 1. The Morgan fingerprint density at radius 3 is 2.68 bits per heavy atom. The second-order valence-corrected chi connectivity index (χ2v) is 8.30. The molecule has 1 aliphatic heterocycles. The molecule has 3 rings (SSSR count). The number of amides is 1. The molecule has 1 amide bonds. The van der Waals surface area contributed by atoms with E-state index in [-0.39, 0.29) is 18.1 Å². The van der Waals surface area contributed by atoms with Gasteiger partial charge in [0.25, 0.3) is 0 Å². The first kappa shape index (κ1) is 20.9. The minimum absolute atomic E-state index is 0.0537. The number of rotatable bonds is 8. The molecule has 2 aromatic rings. The zero-order valence-electron chi connectivity index (χ0n) is 16.9. The zero-order chi connectivity index (χ0) is 19.9. The highest BCUT2D eigenvalue weighted by Crippen LogP contribution is 2.24. The molecule has 2 atom stereocenters. The molecule has 152 valence electrons. The van der Waals surface area contributed by atoms with E-state index < -0.39 is 0 Å². The molecule has 1 aromatic heterocycles. The molecule has 1 fully saturated rings. The summed E-state index contributed by atoms with van der Waals surface area (Å²) >= 11 is 1.47. The van der Waals surface area contributed by atoms with E-state index in [9.17, 15) is 4.79 Å². The van der Waals surface area contributed by atoms with E-state index in [0.717, 1.165) is 42.5 Å². The smallest absolute Gasteiger partial charge is 0.230 e. The van der Waals surface area contributed by atoms with Crippen LogP contribution in [0.1, 0.15) is 20.3 Å². The largest absolute Gasteiger partial charge is 0.373 e. The van der Waals surface area contributed by atoms with Crippen molar-refractivity contribution in [2.45, 2.75) is 37.6 Å². The molecule has 2 heterocycles. The maximum absolute atomic E-state index is 12.2. The number of hydrogen-bond acceptors (Lipinski definition) is 5. The molecular formula is C21H30N4O2S.